The number of benzene rings is 2. The Morgan fingerprint density at radius 3 is 2.40 bits per heavy atom. The monoisotopic (exact) mass is 333 g/mol. The summed E-state index contributed by atoms with van der Waals surface area (Å²) in [5.74, 6) is -0.409. The van der Waals surface area contributed by atoms with Crippen molar-refractivity contribution in [2.75, 3.05) is 0 Å². The van der Waals surface area contributed by atoms with Gasteiger partial charge >= 0.3 is 5.97 Å². The molecule has 0 fully saturated rings. The largest absolute Gasteiger partial charge is 0.478 e. The lowest BCUT2D eigenvalue weighted by Crippen LogP contribution is -2.02. The molecule has 0 radical (unpaired) electrons. The quantitative estimate of drug-likeness (QED) is 0.663. The first-order chi connectivity index (χ1) is 11.9. The maximum Gasteiger partial charge on any atom is 0.336 e. The van der Waals surface area contributed by atoms with Crippen LogP contribution >= 0.6 is 0 Å². The summed E-state index contributed by atoms with van der Waals surface area (Å²) in [6.45, 7) is 8.33. The van der Waals surface area contributed by atoms with Crippen LogP contribution in [0.25, 0.3) is 22.2 Å². The fraction of sp³-hybridized carbons (Fsp3) is 0.273. The normalized spacial score (nSPS) is 12.3. The Morgan fingerprint density at radius 1 is 1.12 bits per heavy atom. The van der Waals surface area contributed by atoms with Gasteiger partial charge in [-0.1, -0.05) is 49.7 Å². The molecule has 0 aliphatic rings. The second kappa shape index (κ2) is 6.67. The van der Waals surface area contributed by atoms with Gasteiger partial charge in [-0.3, -0.25) is 0 Å². The molecule has 0 unspecified atom stereocenters. The minimum absolute atomic E-state index is 0.304. The zero-order valence-corrected chi connectivity index (χ0v) is 15.1. The Kier molecular flexibility index (Phi) is 4.58. The maximum absolute atomic E-state index is 11.8. The van der Waals surface area contributed by atoms with Gasteiger partial charge in [-0.25, -0.2) is 9.78 Å². The third-order valence-electron chi connectivity index (χ3n) is 4.87. The van der Waals surface area contributed by atoms with Gasteiger partial charge in [0.2, 0.25) is 0 Å². The molecule has 3 rings (SSSR count). The molecular weight excluding hydrogens is 310 g/mol. The summed E-state index contributed by atoms with van der Waals surface area (Å²) in [5.41, 5.74) is 6.03. The van der Waals surface area contributed by atoms with Crippen LogP contribution in [-0.2, 0) is 0 Å². The van der Waals surface area contributed by atoms with Gasteiger partial charge in [0.15, 0.2) is 0 Å². The van der Waals surface area contributed by atoms with E-state index in [0.29, 0.717) is 22.6 Å². The molecule has 0 spiro atoms. The van der Waals surface area contributed by atoms with Crippen LogP contribution < -0.4 is 0 Å². The topological polar surface area (TPSA) is 50.2 Å². The third-order valence-corrected chi connectivity index (χ3v) is 4.87. The van der Waals surface area contributed by atoms with E-state index in [4.69, 9.17) is 4.98 Å². The summed E-state index contributed by atoms with van der Waals surface area (Å²) in [6, 6.07) is 13.9. The van der Waals surface area contributed by atoms with Gasteiger partial charge in [-0.05, 0) is 49.4 Å². The first kappa shape index (κ1) is 17.2. The van der Waals surface area contributed by atoms with E-state index in [1.807, 2.05) is 38.1 Å². The number of carboxylic acids is 1. The first-order valence-electron chi connectivity index (χ1n) is 8.66. The van der Waals surface area contributed by atoms with E-state index in [2.05, 4.69) is 26.0 Å². The zero-order chi connectivity index (χ0) is 18.1. The number of carbonyl (C=O) groups is 1. The average molecular weight is 333 g/mol. The molecule has 1 atom stereocenters. The highest BCUT2D eigenvalue weighted by Gasteiger charge is 2.15. The fourth-order valence-electron chi connectivity index (χ4n) is 3.22. The van der Waals surface area contributed by atoms with Crippen molar-refractivity contribution in [1.82, 2.24) is 4.98 Å². The fourth-order valence-corrected chi connectivity index (χ4v) is 3.22. The number of hydrogen-bond donors (Lipinski definition) is 1. The van der Waals surface area contributed by atoms with Crippen LogP contribution in [0.1, 0.15) is 53.2 Å². The molecule has 1 aromatic heterocycles. The Bertz CT molecular complexity index is 942. The summed E-state index contributed by atoms with van der Waals surface area (Å²) in [4.78, 5) is 16.5. The minimum Gasteiger partial charge on any atom is -0.478 e. The van der Waals surface area contributed by atoms with Crippen molar-refractivity contribution < 1.29 is 9.90 Å². The number of nitrogens with zero attached hydrogens (tertiary/aromatic N) is 1. The van der Waals surface area contributed by atoms with Crippen LogP contribution in [0.5, 0.6) is 0 Å². The van der Waals surface area contributed by atoms with Gasteiger partial charge in [0.25, 0.3) is 0 Å². The van der Waals surface area contributed by atoms with Gasteiger partial charge in [0.1, 0.15) is 0 Å². The lowest BCUT2D eigenvalue weighted by molar-refractivity contribution is 0.0699. The van der Waals surface area contributed by atoms with Crippen molar-refractivity contribution in [3.05, 3.63) is 64.7 Å². The van der Waals surface area contributed by atoms with Crippen molar-refractivity contribution in [3.8, 4) is 11.3 Å². The van der Waals surface area contributed by atoms with E-state index >= 15 is 0 Å². The molecule has 1 N–H and O–H groups in total. The van der Waals surface area contributed by atoms with Gasteiger partial charge in [-0.2, -0.15) is 0 Å². The number of fused-ring (bicyclic) bond motifs is 1. The highest BCUT2D eigenvalue weighted by atomic mass is 16.4. The minimum atomic E-state index is -0.921. The van der Waals surface area contributed by atoms with Crippen molar-refractivity contribution in [2.24, 2.45) is 0 Å². The molecule has 3 nitrogen and oxygen atoms in total. The molecule has 0 bridgehead atoms. The van der Waals surface area contributed by atoms with Crippen molar-refractivity contribution in [1.29, 1.82) is 0 Å². The van der Waals surface area contributed by atoms with Crippen LogP contribution in [0.15, 0.2) is 42.5 Å². The number of aryl methyl sites for hydroxylation is 2. The lowest BCUT2D eigenvalue weighted by atomic mass is 9.96. The lowest BCUT2D eigenvalue weighted by Gasteiger charge is -2.12. The average Bonchev–Trinajstić information content (AvgIpc) is 2.60. The van der Waals surface area contributed by atoms with Crippen LogP contribution in [0.2, 0.25) is 0 Å². The number of aromatic nitrogens is 1. The van der Waals surface area contributed by atoms with Crippen molar-refractivity contribution in [3.63, 3.8) is 0 Å². The third kappa shape index (κ3) is 3.27. The second-order valence-electron chi connectivity index (χ2n) is 6.77. The number of rotatable bonds is 4. The highest BCUT2D eigenvalue weighted by molar-refractivity contribution is 6.04. The Morgan fingerprint density at radius 2 is 1.80 bits per heavy atom. The Balaban J connectivity index is 2.18. The predicted molar refractivity (Wildman–Crippen MR) is 102 cm³/mol. The van der Waals surface area contributed by atoms with Crippen LogP contribution in [0, 0.1) is 13.8 Å². The molecule has 128 valence electrons. The molecule has 0 saturated heterocycles. The van der Waals surface area contributed by atoms with Gasteiger partial charge in [-0.15, -0.1) is 0 Å². The van der Waals surface area contributed by atoms with E-state index in [1.54, 1.807) is 6.07 Å². The van der Waals surface area contributed by atoms with Crippen LogP contribution in [0.4, 0.5) is 0 Å². The molecule has 2 aromatic carbocycles. The maximum atomic E-state index is 11.8. The molecule has 0 amide bonds. The van der Waals surface area contributed by atoms with E-state index in [9.17, 15) is 9.90 Å². The predicted octanol–water partition coefficient (Wildman–Crippen LogP) is 5.73. The van der Waals surface area contributed by atoms with Gasteiger partial charge in [0.05, 0.1) is 16.8 Å². The summed E-state index contributed by atoms with van der Waals surface area (Å²) in [5, 5.41) is 10.4. The van der Waals surface area contributed by atoms with Crippen molar-refractivity contribution >= 4 is 16.9 Å². The SMILES string of the molecule is CC[C@@H](C)c1ccc(-c2cc(C(=O)O)c3cc(C)cc(C)c3n2)cc1. The van der Waals surface area contributed by atoms with E-state index in [0.717, 1.165) is 28.6 Å². The molecule has 0 saturated carbocycles. The number of hydrogen-bond acceptors (Lipinski definition) is 2. The van der Waals surface area contributed by atoms with Crippen LogP contribution in [-0.4, -0.2) is 16.1 Å². The Hall–Kier alpha value is -2.68. The van der Waals surface area contributed by atoms with Crippen LogP contribution in [0.3, 0.4) is 0 Å². The number of carboxylic acid groups (broad SMARTS) is 1. The number of pyridine rings is 1. The second-order valence-corrected chi connectivity index (χ2v) is 6.77. The van der Waals surface area contributed by atoms with Gasteiger partial charge < -0.3 is 5.11 Å². The molecule has 1 heterocycles. The molecular formula is C22H23NO2. The van der Waals surface area contributed by atoms with Gasteiger partial charge in [0, 0.05) is 10.9 Å². The molecule has 3 heteroatoms. The van der Waals surface area contributed by atoms with E-state index < -0.39 is 5.97 Å². The smallest absolute Gasteiger partial charge is 0.336 e. The molecule has 0 aliphatic carbocycles. The highest BCUT2D eigenvalue weighted by Crippen LogP contribution is 2.29. The molecule has 3 aromatic rings. The summed E-state index contributed by atoms with van der Waals surface area (Å²) >= 11 is 0. The van der Waals surface area contributed by atoms with E-state index in [1.165, 1.54) is 5.56 Å². The Labute approximate surface area is 148 Å². The zero-order valence-electron chi connectivity index (χ0n) is 15.1. The van der Waals surface area contributed by atoms with Crippen molar-refractivity contribution in [2.45, 2.75) is 40.0 Å². The summed E-state index contributed by atoms with van der Waals surface area (Å²) < 4.78 is 0. The van der Waals surface area contributed by atoms with E-state index in [-0.39, 0.29) is 0 Å². The number of aromatic carboxylic acids is 1. The standard InChI is InChI=1S/C22H23NO2/c1-5-14(3)16-6-8-17(9-7-16)20-12-19(22(24)25)18-11-13(2)10-15(4)21(18)23-20/h6-12,14H,5H2,1-4H3,(H,24,25)/t14-/m1/s1. The molecule has 0 aliphatic heterocycles. The summed E-state index contributed by atoms with van der Waals surface area (Å²) in [6.07, 6.45) is 1.09. The first-order valence-corrected chi connectivity index (χ1v) is 8.66. The summed E-state index contributed by atoms with van der Waals surface area (Å²) in [7, 11) is 0. The molecule has 25 heavy (non-hydrogen) atoms.